The predicted octanol–water partition coefficient (Wildman–Crippen LogP) is 1.80. The first kappa shape index (κ1) is 11.2. The number of aromatic hydroxyl groups is 1. The van der Waals surface area contributed by atoms with Crippen molar-refractivity contribution in [2.75, 3.05) is 0 Å². The molecule has 88 valence electrons. The van der Waals surface area contributed by atoms with Crippen LogP contribution in [0.25, 0.3) is 11.4 Å². The van der Waals surface area contributed by atoms with Crippen molar-refractivity contribution in [2.45, 2.75) is 6.92 Å². The molecule has 1 heterocycles. The van der Waals surface area contributed by atoms with Crippen molar-refractivity contribution in [1.29, 1.82) is 0 Å². The van der Waals surface area contributed by atoms with Crippen LogP contribution in [-0.4, -0.2) is 25.7 Å². The van der Waals surface area contributed by atoms with Gasteiger partial charge < -0.3 is 14.8 Å². The van der Waals surface area contributed by atoms with Crippen molar-refractivity contribution in [3.8, 4) is 17.1 Å². The molecule has 1 aromatic heterocycles. The Balaban J connectivity index is 2.56. The van der Waals surface area contributed by atoms with E-state index in [1.165, 1.54) is 0 Å². The molecule has 1 aromatic carbocycles. The van der Waals surface area contributed by atoms with Crippen molar-refractivity contribution < 1.29 is 15.0 Å². The Morgan fingerprint density at radius 1 is 1.29 bits per heavy atom. The molecule has 2 rings (SSSR count). The first-order chi connectivity index (χ1) is 8.00. The number of carboxylic acids is 1. The van der Waals surface area contributed by atoms with Crippen molar-refractivity contribution in [3.63, 3.8) is 0 Å². The van der Waals surface area contributed by atoms with Gasteiger partial charge in [-0.05, 0) is 31.2 Å². The van der Waals surface area contributed by atoms with Crippen LogP contribution in [-0.2, 0) is 7.05 Å². The number of rotatable bonds is 2. The molecule has 2 aromatic rings. The molecule has 0 saturated heterocycles. The van der Waals surface area contributed by atoms with Gasteiger partial charge in [0, 0.05) is 18.3 Å². The van der Waals surface area contributed by atoms with Gasteiger partial charge in [0.05, 0.1) is 0 Å². The van der Waals surface area contributed by atoms with Crippen LogP contribution in [0.1, 0.15) is 16.2 Å². The van der Waals surface area contributed by atoms with Gasteiger partial charge >= 0.3 is 5.97 Å². The molecule has 0 radical (unpaired) electrons. The minimum Gasteiger partial charge on any atom is -0.508 e. The molecule has 0 spiro atoms. The number of aromatic carboxylic acids is 1. The summed E-state index contributed by atoms with van der Waals surface area (Å²) in [6.45, 7) is 1.71. The highest BCUT2D eigenvalue weighted by atomic mass is 16.4. The van der Waals surface area contributed by atoms with E-state index in [2.05, 4.69) is 4.98 Å². The van der Waals surface area contributed by atoms with Crippen molar-refractivity contribution in [3.05, 3.63) is 35.7 Å². The zero-order valence-corrected chi connectivity index (χ0v) is 9.51. The Hall–Kier alpha value is -2.30. The van der Waals surface area contributed by atoms with Crippen LogP contribution in [0.4, 0.5) is 0 Å². The van der Waals surface area contributed by atoms with Crippen molar-refractivity contribution in [2.24, 2.45) is 7.05 Å². The fourth-order valence-electron chi connectivity index (χ4n) is 1.65. The molecule has 0 aliphatic carbocycles. The van der Waals surface area contributed by atoms with E-state index < -0.39 is 5.97 Å². The van der Waals surface area contributed by atoms with E-state index in [9.17, 15) is 9.90 Å². The lowest BCUT2D eigenvalue weighted by atomic mass is 10.2. The van der Waals surface area contributed by atoms with Gasteiger partial charge in [0.2, 0.25) is 0 Å². The number of carboxylic acid groups (broad SMARTS) is 1. The number of phenols is 1. The first-order valence-corrected chi connectivity index (χ1v) is 5.06. The lowest BCUT2D eigenvalue weighted by Crippen LogP contribution is -2.00. The van der Waals surface area contributed by atoms with Gasteiger partial charge in [-0.25, -0.2) is 9.78 Å². The summed E-state index contributed by atoms with van der Waals surface area (Å²) >= 11 is 0. The molecular weight excluding hydrogens is 220 g/mol. The topological polar surface area (TPSA) is 75.3 Å². The van der Waals surface area contributed by atoms with Crippen LogP contribution in [0, 0.1) is 6.92 Å². The van der Waals surface area contributed by atoms with Crippen molar-refractivity contribution >= 4 is 5.97 Å². The zero-order chi connectivity index (χ0) is 12.6. The number of carbonyl (C=O) groups is 1. The fourth-order valence-corrected chi connectivity index (χ4v) is 1.65. The highest BCUT2D eigenvalue weighted by Crippen LogP contribution is 2.23. The second-order valence-corrected chi connectivity index (χ2v) is 3.78. The summed E-state index contributed by atoms with van der Waals surface area (Å²) in [5.41, 5.74) is 1.41. The molecule has 17 heavy (non-hydrogen) atoms. The van der Waals surface area contributed by atoms with Crippen molar-refractivity contribution in [1.82, 2.24) is 9.55 Å². The minimum absolute atomic E-state index is 0.0515. The lowest BCUT2D eigenvalue weighted by molar-refractivity contribution is 0.0690. The van der Waals surface area contributed by atoms with Crippen LogP contribution < -0.4 is 0 Å². The number of nitrogens with zero attached hydrogens (tertiary/aromatic N) is 2. The molecule has 0 saturated carbocycles. The second-order valence-electron chi connectivity index (χ2n) is 3.78. The predicted molar refractivity (Wildman–Crippen MR) is 62.0 cm³/mol. The Kier molecular flexibility index (Phi) is 2.59. The smallest absolute Gasteiger partial charge is 0.356 e. The largest absolute Gasteiger partial charge is 0.508 e. The maximum absolute atomic E-state index is 11.0. The van der Waals surface area contributed by atoms with Gasteiger partial charge in [0.15, 0.2) is 5.69 Å². The number of phenolic OH excluding ortho intramolecular Hbond substituents is 1. The van der Waals surface area contributed by atoms with Gasteiger partial charge in [0.25, 0.3) is 0 Å². The van der Waals surface area contributed by atoms with Crippen LogP contribution in [0.3, 0.4) is 0 Å². The molecule has 2 N–H and O–H groups in total. The van der Waals surface area contributed by atoms with E-state index in [0.717, 1.165) is 5.56 Å². The molecule has 5 nitrogen and oxygen atoms in total. The average Bonchev–Trinajstić information content (AvgIpc) is 2.58. The maximum Gasteiger partial charge on any atom is 0.356 e. The Labute approximate surface area is 98.0 Å². The normalized spacial score (nSPS) is 10.5. The number of hydrogen-bond donors (Lipinski definition) is 2. The van der Waals surface area contributed by atoms with Gasteiger partial charge in [-0.1, -0.05) is 0 Å². The second kappa shape index (κ2) is 3.93. The Bertz CT molecular complexity index is 570. The summed E-state index contributed by atoms with van der Waals surface area (Å²) in [4.78, 5) is 15.0. The standard InChI is InChI=1S/C12H12N2O3/c1-7-10(12(16)17)13-11(14(7)2)8-3-5-9(15)6-4-8/h3-6,15H,1-2H3,(H,16,17). The molecule has 0 amide bonds. The SMILES string of the molecule is Cc1c(C(=O)O)nc(-c2ccc(O)cc2)n1C. The molecule has 0 aliphatic rings. The van der Waals surface area contributed by atoms with Gasteiger partial charge in [-0.2, -0.15) is 0 Å². The monoisotopic (exact) mass is 232 g/mol. The van der Waals surface area contributed by atoms with E-state index in [4.69, 9.17) is 5.11 Å². The summed E-state index contributed by atoms with van der Waals surface area (Å²) in [6.07, 6.45) is 0. The van der Waals surface area contributed by atoms with E-state index >= 15 is 0 Å². The highest BCUT2D eigenvalue weighted by Gasteiger charge is 2.17. The summed E-state index contributed by atoms with van der Waals surface area (Å²) in [5, 5.41) is 18.2. The summed E-state index contributed by atoms with van der Waals surface area (Å²) in [5.74, 6) is -0.304. The number of benzene rings is 1. The van der Waals surface area contributed by atoms with E-state index in [0.29, 0.717) is 11.5 Å². The van der Waals surface area contributed by atoms with Crippen LogP contribution in [0.15, 0.2) is 24.3 Å². The Morgan fingerprint density at radius 2 is 1.88 bits per heavy atom. The Morgan fingerprint density at radius 3 is 2.35 bits per heavy atom. The zero-order valence-electron chi connectivity index (χ0n) is 9.51. The third-order valence-electron chi connectivity index (χ3n) is 2.71. The van der Waals surface area contributed by atoms with Gasteiger partial charge in [0.1, 0.15) is 11.6 Å². The first-order valence-electron chi connectivity index (χ1n) is 5.06. The third-order valence-corrected chi connectivity index (χ3v) is 2.71. The molecule has 5 heteroatoms. The number of hydrogen-bond acceptors (Lipinski definition) is 3. The maximum atomic E-state index is 11.0. The van der Waals surface area contributed by atoms with Crippen LogP contribution >= 0.6 is 0 Å². The summed E-state index contributed by atoms with van der Waals surface area (Å²) in [7, 11) is 1.76. The molecular formula is C12H12N2O3. The number of aromatic nitrogens is 2. The van der Waals surface area contributed by atoms with Gasteiger partial charge in [-0.15, -0.1) is 0 Å². The van der Waals surface area contributed by atoms with Gasteiger partial charge in [-0.3, -0.25) is 0 Å². The molecule has 0 bridgehead atoms. The summed E-state index contributed by atoms with van der Waals surface area (Å²) in [6, 6.07) is 6.48. The number of imidazole rings is 1. The third kappa shape index (κ3) is 1.87. The molecule has 0 aliphatic heterocycles. The van der Waals surface area contributed by atoms with E-state index in [-0.39, 0.29) is 11.4 Å². The lowest BCUT2D eigenvalue weighted by Gasteiger charge is -2.02. The van der Waals surface area contributed by atoms with Crippen LogP contribution in [0.2, 0.25) is 0 Å². The quantitative estimate of drug-likeness (QED) is 0.827. The molecule has 0 atom stereocenters. The van der Waals surface area contributed by atoms with E-state index in [1.54, 1.807) is 42.8 Å². The van der Waals surface area contributed by atoms with Crippen LogP contribution in [0.5, 0.6) is 5.75 Å². The molecule has 0 fully saturated rings. The average molecular weight is 232 g/mol. The van der Waals surface area contributed by atoms with E-state index in [1.807, 2.05) is 0 Å². The molecule has 0 unspecified atom stereocenters. The highest BCUT2D eigenvalue weighted by molar-refractivity contribution is 5.87. The fraction of sp³-hybridized carbons (Fsp3) is 0.167. The minimum atomic E-state index is -1.04. The summed E-state index contributed by atoms with van der Waals surface area (Å²) < 4.78 is 1.72.